The van der Waals surface area contributed by atoms with E-state index >= 15 is 0 Å². The van der Waals surface area contributed by atoms with Crippen molar-refractivity contribution in [1.82, 2.24) is 0 Å². The normalized spacial score (nSPS) is 13.8. The van der Waals surface area contributed by atoms with E-state index in [2.05, 4.69) is 489 Å². The van der Waals surface area contributed by atoms with Crippen molar-refractivity contribution in [1.29, 1.82) is 0 Å². The van der Waals surface area contributed by atoms with Gasteiger partial charge in [0.25, 0.3) is 0 Å². The molecular formula is C124H88S4Si4. The number of benzene rings is 20. The summed E-state index contributed by atoms with van der Waals surface area (Å²) >= 11 is 7.69. The Hall–Kier alpha value is -13.9. The molecule has 28 rings (SSSR count). The maximum atomic E-state index is 2.45. The van der Waals surface area contributed by atoms with Crippen LogP contribution in [0.25, 0.3) is 125 Å². The third kappa shape index (κ3) is 11.9. The number of rotatable bonds is 8. The van der Waals surface area contributed by atoms with Gasteiger partial charge in [0.15, 0.2) is 32.3 Å². The van der Waals surface area contributed by atoms with E-state index in [9.17, 15) is 0 Å². The van der Waals surface area contributed by atoms with Crippen molar-refractivity contribution in [2.24, 2.45) is 0 Å². The Morgan fingerprint density at radius 1 is 0.159 bits per heavy atom. The highest BCUT2D eigenvalue weighted by Gasteiger charge is 2.54. The Labute approximate surface area is 789 Å². The molecule has 624 valence electrons. The first-order valence-corrected chi connectivity index (χ1v) is 57.1. The predicted molar refractivity (Wildman–Crippen MR) is 587 cm³/mol. The van der Waals surface area contributed by atoms with Gasteiger partial charge in [-0.15, -0.1) is 45.3 Å². The summed E-state index contributed by atoms with van der Waals surface area (Å²) in [5.41, 5.74) is 16.8. The van der Waals surface area contributed by atoms with Crippen molar-refractivity contribution in [2.45, 2.75) is 27.7 Å². The smallest absolute Gasteiger partial charge is 0.135 e. The lowest BCUT2D eigenvalue weighted by Gasteiger charge is -2.31. The monoisotopic (exact) mass is 1820 g/mol. The van der Waals surface area contributed by atoms with Crippen LogP contribution in [0.1, 0.15) is 22.3 Å². The van der Waals surface area contributed by atoms with Gasteiger partial charge in [-0.3, -0.25) is 0 Å². The molecule has 0 unspecified atom stereocenters. The lowest BCUT2D eigenvalue weighted by Crippen LogP contribution is -2.72. The summed E-state index contributed by atoms with van der Waals surface area (Å²) < 4.78 is 11.1. The molecule has 0 saturated heterocycles. The Morgan fingerprint density at radius 3 is 0.833 bits per heavy atom. The highest BCUT2D eigenvalue weighted by Crippen LogP contribution is 2.48. The summed E-state index contributed by atoms with van der Waals surface area (Å²) in [4.78, 5) is 0. The molecule has 0 atom stereocenters. The summed E-state index contributed by atoms with van der Waals surface area (Å²) in [7, 11) is -9.66. The van der Waals surface area contributed by atoms with Gasteiger partial charge in [-0.2, -0.15) is 0 Å². The summed E-state index contributed by atoms with van der Waals surface area (Å²) in [6.45, 7) is 8.84. The molecule has 0 amide bonds. The van der Waals surface area contributed by atoms with Gasteiger partial charge in [0.05, 0.1) is 0 Å². The molecular weight excluding hydrogens is 1730 g/mol. The van der Waals surface area contributed by atoms with Gasteiger partial charge in [-0.25, -0.2) is 0 Å². The maximum Gasteiger partial charge on any atom is 0.180 e. The number of thiophene rings is 4. The molecule has 0 fully saturated rings. The molecule has 0 aliphatic carbocycles. The predicted octanol–water partition coefficient (Wildman–Crippen LogP) is 22.9. The van der Waals surface area contributed by atoms with E-state index in [0.717, 1.165) is 0 Å². The highest BCUT2D eigenvalue weighted by molar-refractivity contribution is 7.29. The number of hydrogen-bond donors (Lipinski definition) is 0. The standard InChI is InChI=1S/4C31H22SSi/c1-21-11-10-17-25-29-26(32-31(21)25)19-20-28-30(29)24-16-8-9-18-27(24)33(28,22-12-4-2-5-13-22)23-14-6-3-7-15-23;1-21-16-18-28-25(20-21)31-29(19-17-27-30(31)24-14-8-9-15-26(24)32-27)33(28,22-10-4-2-5-11-22)23-12-6-3-7-13-23;1-21-16-17-24-27(20-21)32-26-18-19-29-31(30(24)26)25-14-8-9-15-28(25)33(29,22-10-4-2-5-11-22)23-12-6-3-7-13-23;1-21-16-17-26-25(20-21)30-27(32-26)18-19-29-31(30)24-14-8-9-15-28(24)33(29,22-10-4-2-5-11-22)23-12-6-3-7-13-23/h4*2-20H,1H3. The van der Waals surface area contributed by atoms with E-state index in [1.165, 1.54) is 230 Å². The molecule has 0 spiro atoms. The van der Waals surface area contributed by atoms with Gasteiger partial charge in [-0.05, 0) is 215 Å². The molecule has 4 aromatic heterocycles. The highest BCUT2D eigenvalue weighted by atomic mass is 32.1. The zero-order chi connectivity index (χ0) is 88.0. The van der Waals surface area contributed by atoms with Crippen molar-refractivity contribution in [3.8, 4) is 44.5 Å². The Morgan fingerprint density at radius 2 is 0.424 bits per heavy atom. The first-order chi connectivity index (χ1) is 65.1. The molecule has 20 aromatic carbocycles. The van der Waals surface area contributed by atoms with E-state index in [1.807, 2.05) is 45.3 Å². The molecule has 0 saturated carbocycles. The van der Waals surface area contributed by atoms with Gasteiger partial charge in [-0.1, -0.05) is 424 Å². The van der Waals surface area contributed by atoms with Crippen LogP contribution >= 0.6 is 45.3 Å². The Balaban J connectivity index is 0.0000000945. The van der Waals surface area contributed by atoms with E-state index in [1.54, 1.807) is 0 Å². The van der Waals surface area contributed by atoms with E-state index in [4.69, 9.17) is 0 Å². The molecule has 0 bridgehead atoms. The second kappa shape index (κ2) is 32.0. The Kier molecular flexibility index (Phi) is 19.5. The van der Waals surface area contributed by atoms with Gasteiger partial charge in [0.1, 0.15) is 0 Å². The summed E-state index contributed by atoms with van der Waals surface area (Å²) in [6.07, 6.45) is 0. The minimum Gasteiger partial charge on any atom is -0.135 e. The maximum absolute atomic E-state index is 2.45. The average molecular weight is 1820 g/mol. The van der Waals surface area contributed by atoms with E-state index < -0.39 is 32.3 Å². The van der Waals surface area contributed by atoms with Crippen LogP contribution < -0.4 is 83.0 Å². The summed E-state index contributed by atoms with van der Waals surface area (Å²) in [6, 6.07) is 174. The topological polar surface area (TPSA) is 0 Å². The van der Waals surface area contributed by atoms with Gasteiger partial charge in [0, 0.05) is 80.7 Å². The number of hydrogen-bond acceptors (Lipinski definition) is 4. The molecule has 0 radical (unpaired) electrons. The van der Waals surface area contributed by atoms with Crippen molar-refractivity contribution < 1.29 is 0 Å². The van der Waals surface area contributed by atoms with Crippen LogP contribution in [0.3, 0.4) is 0 Å². The van der Waals surface area contributed by atoms with Gasteiger partial charge in [0.2, 0.25) is 0 Å². The van der Waals surface area contributed by atoms with Crippen LogP contribution in [0, 0.1) is 27.7 Å². The van der Waals surface area contributed by atoms with E-state index in [-0.39, 0.29) is 0 Å². The fourth-order valence-corrected chi connectivity index (χ4v) is 49.0. The molecule has 0 nitrogen and oxygen atoms in total. The second-order valence-corrected chi connectivity index (χ2v) is 55.1. The minimum absolute atomic E-state index is 1.32. The van der Waals surface area contributed by atoms with E-state index in [0.29, 0.717) is 0 Å². The molecule has 0 N–H and O–H groups in total. The van der Waals surface area contributed by atoms with Crippen molar-refractivity contribution in [3.63, 3.8) is 0 Å². The second-order valence-electron chi connectivity index (χ2n) is 35.9. The molecule has 4 aliphatic heterocycles. The fourth-order valence-electron chi connectivity index (χ4n) is 23.7. The third-order valence-corrected chi connectivity index (χ3v) is 53.1. The quantitative estimate of drug-likeness (QED) is 0.133. The first kappa shape index (κ1) is 80.2. The van der Waals surface area contributed by atoms with Crippen molar-refractivity contribution in [2.75, 3.05) is 0 Å². The SMILES string of the molecule is Cc1ccc2c(c1)-c1c(ccc3sc4ccccc4c13)[Si]2(c1ccccc1)c1ccccc1.Cc1ccc2c(c1)sc1ccc3c(c12)-c1ccccc1[Si]3(c1ccccc1)c1ccccc1.Cc1ccc2sc3ccc4c(c3c2c1)-c1ccccc1[Si]4(c1ccccc1)c1ccccc1.Cc1cccc2c1sc1ccc3c(c12)-c1ccccc1[Si]3(c1ccccc1)c1ccccc1. The summed E-state index contributed by atoms with van der Waals surface area (Å²) in [5, 5.41) is 35.1. The average Bonchev–Trinajstić information content (AvgIpc) is 1.54. The van der Waals surface area contributed by atoms with Crippen LogP contribution in [0.4, 0.5) is 0 Å². The van der Waals surface area contributed by atoms with Crippen molar-refractivity contribution in [3.05, 3.63) is 483 Å². The van der Waals surface area contributed by atoms with Gasteiger partial charge < -0.3 is 0 Å². The first-order valence-electron chi connectivity index (χ1n) is 45.8. The zero-order valence-electron chi connectivity index (χ0n) is 73.5. The van der Waals surface area contributed by atoms with Crippen LogP contribution in [0.15, 0.2) is 461 Å². The molecule has 4 aliphatic rings. The Bertz CT molecular complexity index is 8370. The molecule has 8 heterocycles. The molecule has 8 heteroatoms. The number of aryl methyl sites for hydroxylation is 4. The lowest BCUT2D eigenvalue weighted by atomic mass is 9.98. The van der Waals surface area contributed by atoms with Crippen LogP contribution in [-0.4, -0.2) is 32.3 Å². The zero-order valence-corrected chi connectivity index (χ0v) is 80.8. The third-order valence-electron chi connectivity index (χ3n) is 28.9. The van der Waals surface area contributed by atoms with Gasteiger partial charge >= 0.3 is 0 Å². The van der Waals surface area contributed by atoms with Crippen LogP contribution in [0.5, 0.6) is 0 Å². The number of fused-ring (bicyclic) bond motifs is 28. The lowest BCUT2D eigenvalue weighted by molar-refractivity contribution is 1.49. The van der Waals surface area contributed by atoms with Crippen LogP contribution in [-0.2, 0) is 0 Å². The fraction of sp³-hybridized carbons (Fsp3) is 0.0323. The summed E-state index contributed by atoms with van der Waals surface area (Å²) in [5.74, 6) is 0. The largest absolute Gasteiger partial charge is 0.180 e. The molecule has 132 heavy (non-hydrogen) atoms. The van der Waals surface area contributed by atoms with Crippen LogP contribution in [0.2, 0.25) is 0 Å². The van der Waals surface area contributed by atoms with Crippen molar-refractivity contribution >= 4 is 241 Å². The minimum atomic E-state index is -2.42. The molecule has 24 aromatic rings.